The van der Waals surface area contributed by atoms with E-state index >= 15 is 0 Å². The van der Waals surface area contributed by atoms with Crippen molar-refractivity contribution in [3.63, 3.8) is 0 Å². The number of nitrogens with one attached hydrogen (secondary N) is 1. The largest absolute Gasteiger partial charge is 0.357 e. The number of hydrogen-bond donors (Lipinski definition) is 2. The van der Waals surface area contributed by atoms with Gasteiger partial charge in [0, 0.05) is 45.5 Å². The molecule has 1 aromatic rings. The minimum atomic E-state index is -0.156. The lowest BCUT2D eigenvalue weighted by Crippen LogP contribution is -2.46. The number of nitrogens with zero attached hydrogens (tertiary/aromatic N) is 3. The summed E-state index contributed by atoms with van der Waals surface area (Å²) in [5.41, 5.74) is 6.03. The molecule has 2 aliphatic rings. The zero-order chi connectivity index (χ0) is 19.2. The van der Waals surface area contributed by atoms with Crippen molar-refractivity contribution in [2.75, 3.05) is 44.2 Å². The molecule has 1 aromatic heterocycles. The molecular weight excluding hydrogens is 342 g/mol. The highest BCUT2D eigenvalue weighted by Gasteiger charge is 2.29. The molecule has 0 spiro atoms. The van der Waals surface area contributed by atoms with Crippen molar-refractivity contribution in [2.24, 2.45) is 17.6 Å². The number of nitrogens with two attached hydrogens (primary N) is 1. The van der Waals surface area contributed by atoms with Crippen LogP contribution in [0.25, 0.3) is 0 Å². The van der Waals surface area contributed by atoms with Crippen LogP contribution in [0.2, 0.25) is 0 Å². The van der Waals surface area contributed by atoms with Crippen molar-refractivity contribution < 1.29 is 9.59 Å². The van der Waals surface area contributed by atoms with Crippen LogP contribution in [-0.2, 0) is 4.79 Å². The Morgan fingerprint density at radius 1 is 1.22 bits per heavy atom. The number of hydrogen-bond acceptors (Lipinski definition) is 5. The number of amides is 2. The van der Waals surface area contributed by atoms with Crippen molar-refractivity contribution in [3.05, 3.63) is 23.9 Å². The summed E-state index contributed by atoms with van der Waals surface area (Å²) >= 11 is 0. The molecule has 3 heterocycles. The Bertz CT molecular complexity index is 640. The number of carbonyl (C=O) groups is 2. The molecule has 0 aromatic carbocycles. The van der Waals surface area contributed by atoms with E-state index in [9.17, 15) is 9.59 Å². The minimum Gasteiger partial charge on any atom is -0.357 e. The summed E-state index contributed by atoms with van der Waals surface area (Å²) in [7, 11) is 0. The molecule has 27 heavy (non-hydrogen) atoms. The zero-order valence-electron chi connectivity index (χ0n) is 16.2. The smallest absolute Gasteiger partial charge is 0.255 e. The van der Waals surface area contributed by atoms with E-state index < -0.39 is 0 Å². The van der Waals surface area contributed by atoms with Crippen LogP contribution in [0.1, 0.15) is 43.0 Å². The Hall–Kier alpha value is -2.15. The van der Waals surface area contributed by atoms with Crippen molar-refractivity contribution >= 4 is 17.6 Å². The Morgan fingerprint density at radius 2 is 2.00 bits per heavy atom. The fourth-order valence-electron chi connectivity index (χ4n) is 3.84. The molecule has 3 rings (SSSR count). The second kappa shape index (κ2) is 9.17. The molecule has 1 atom stereocenters. The van der Waals surface area contributed by atoms with E-state index in [-0.39, 0.29) is 17.7 Å². The maximum Gasteiger partial charge on any atom is 0.255 e. The lowest BCUT2D eigenvalue weighted by molar-refractivity contribution is -0.126. The first-order valence-electron chi connectivity index (χ1n) is 10.1. The average molecular weight is 374 g/mol. The SMILES string of the molecule is CC1CCN(c2ccc(C(=O)N3CCCC(C(=O)NCCN)C3)cn2)CC1. The van der Waals surface area contributed by atoms with Gasteiger partial charge in [-0.05, 0) is 43.7 Å². The van der Waals surface area contributed by atoms with Crippen LogP contribution in [0, 0.1) is 11.8 Å². The van der Waals surface area contributed by atoms with Crippen LogP contribution in [0.5, 0.6) is 0 Å². The molecule has 0 saturated carbocycles. The van der Waals surface area contributed by atoms with Gasteiger partial charge >= 0.3 is 0 Å². The molecule has 2 amide bonds. The first-order valence-corrected chi connectivity index (χ1v) is 10.1. The van der Waals surface area contributed by atoms with Gasteiger partial charge in [0.2, 0.25) is 5.91 Å². The number of carbonyl (C=O) groups excluding carboxylic acids is 2. The lowest BCUT2D eigenvalue weighted by atomic mass is 9.96. The third kappa shape index (κ3) is 4.97. The fraction of sp³-hybridized carbons (Fsp3) is 0.650. The molecule has 148 valence electrons. The van der Waals surface area contributed by atoms with Crippen molar-refractivity contribution in [1.82, 2.24) is 15.2 Å². The van der Waals surface area contributed by atoms with Crippen LogP contribution >= 0.6 is 0 Å². The Morgan fingerprint density at radius 3 is 2.67 bits per heavy atom. The maximum atomic E-state index is 12.8. The van der Waals surface area contributed by atoms with Crippen LogP contribution in [0.15, 0.2) is 18.3 Å². The minimum absolute atomic E-state index is 0.00857. The molecule has 0 radical (unpaired) electrons. The summed E-state index contributed by atoms with van der Waals surface area (Å²) in [6, 6.07) is 3.80. The van der Waals surface area contributed by atoms with E-state index in [0.29, 0.717) is 31.7 Å². The molecule has 2 aliphatic heterocycles. The van der Waals surface area contributed by atoms with Crippen LogP contribution in [0.4, 0.5) is 5.82 Å². The van der Waals surface area contributed by atoms with Gasteiger partial charge in [-0.1, -0.05) is 6.92 Å². The highest BCUT2D eigenvalue weighted by molar-refractivity contribution is 5.94. The van der Waals surface area contributed by atoms with Crippen LogP contribution < -0.4 is 16.0 Å². The van der Waals surface area contributed by atoms with Crippen molar-refractivity contribution in [3.8, 4) is 0 Å². The summed E-state index contributed by atoms with van der Waals surface area (Å²) in [6.07, 6.45) is 5.69. The number of piperidine rings is 2. The predicted molar refractivity (Wildman–Crippen MR) is 106 cm³/mol. The van der Waals surface area contributed by atoms with Crippen LogP contribution in [0.3, 0.4) is 0 Å². The van der Waals surface area contributed by atoms with E-state index in [1.165, 1.54) is 12.8 Å². The number of pyridine rings is 1. The van der Waals surface area contributed by atoms with Crippen LogP contribution in [-0.4, -0.2) is 61.0 Å². The van der Waals surface area contributed by atoms with Gasteiger partial charge in [0.25, 0.3) is 5.91 Å². The summed E-state index contributed by atoms with van der Waals surface area (Å²) in [5.74, 6) is 1.51. The standard InChI is InChI=1S/C20H31N5O2/c1-15-6-11-24(12-7-15)18-5-4-16(13-23-18)20(27)25-10-2-3-17(14-25)19(26)22-9-8-21/h4-5,13,15,17H,2-3,6-12,14,21H2,1H3,(H,22,26). The zero-order valence-corrected chi connectivity index (χ0v) is 16.2. The fourth-order valence-corrected chi connectivity index (χ4v) is 3.84. The van der Waals surface area contributed by atoms with Gasteiger partial charge in [0.15, 0.2) is 0 Å². The monoisotopic (exact) mass is 373 g/mol. The lowest BCUT2D eigenvalue weighted by Gasteiger charge is -2.32. The molecule has 2 saturated heterocycles. The quantitative estimate of drug-likeness (QED) is 0.810. The van der Waals surface area contributed by atoms with Gasteiger partial charge in [-0.25, -0.2) is 4.98 Å². The summed E-state index contributed by atoms with van der Waals surface area (Å²) in [4.78, 5) is 33.6. The van der Waals surface area contributed by atoms with Gasteiger partial charge < -0.3 is 20.9 Å². The van der Waals surface area contributed by atoms with Gasteiger partial charge in [-0.2, -0.15) is 0 Å². The molecule has 3 N–H and O–H groups in total. The normalized spacial score (nSPS) is 21.2. The molecule has 7 nitrogen and oxygen atoms in total. The van der Waals surface area contributed by atoms with Gasteiger partial charge in [0.05, 0.1) is 11.5 Å². The van der Waals surface area contributed by atoms with E-state index in [1.807, 2.05) is 12.1 Å². The molecule has 0 bridgehead atoms. The third-order valence-corrected chi connectivity index (χ3v) is 5.63. The number of aromatic nitrogens is 1. The molecule has 0 aliphatic carbocycles. The third-order valence-electron chi connectivity index (χ3n) is 5.63. The van der Waals surface area contributed by atoms with E-state index in [4.69, 9.17) is 5.73 Å². The molecule has 1 unspecified atom stereocenters. The van der Waals surface area contributed by atoms with Crippen molar-refractivity contribution in [1.29, 1.82) is 0 Å². The van der Waals surface area contributed by atoms with E-state index in [0.717, 1.165) is 37.7 Å². The summed E-state index contributed by atoms with van der Waals surface area (Å²) in [6.45, 7) is 6.38. The van der Waals surface area contributed by atoms with Gasteiger partial charge in [-0.3, -0.25) is 9.59 Å². The molecular formula is C20H31N5O2. The second-order valence-electron chi connectivity index (χ2n) is 7.74. The Balaban J connectivity index is 1.59. The maximum absolute atomic E-state index is 12.8. The highest BCUT2D eigenvalue weighted by Crippen LogP contribution is 2.23. The first-order chi connectivity index (χ1) is 13.1. The van der Waals surface area contributed by atoms with E-state index in [1.54, 1.807) is 11.1 Å². The Labute approximate surface area is 161 Å². The topological polar surface area (TPSA) is 91.6 Å². The van der Waals surface area contributed by atoms with Gasteiger partial charge in [-0.15, -0.1) is 0 Å². The summed E-state index contributed by atoms with van der Waals surface area (Å²) in [5, 5.41) is 2.83. The van der Waals surface area contributed by atoms with Crippen molar-refractivity contribution in [2.45, 2.75) is 32.6 Å². The number of rotatable bonds is 5. The molecule has 7 heteroatoms. The Kier molecular flexibility index (Phi) is 6.66. The van der Waals surface area contributed by atoms with E-state index in [2.05, 4.69) is 22.1 Å². The average Bonchev–Trinajstić information content (AvgIpc) is 2.72. The second-order valence-corrected chi connectivity index (χ2v) is 7.74. The molecule has 2 fully saturated rings. The van der Waals surface area contributed by atoms with Gasteiger partial charge in [0.1, 0.15) is 5.82 Å². The number of likely N-dealkylation sites (tertiary alicyclic amines) is 1. The summed E-state index contributed by atoms with van der Waals surface area (Å²) < 4.78 is 0. The first kappa shape index (κ1) is 19.6. The highest BCUT2D eigenvalue weighted by atomic mass is 16.2. The number of anilines is 1. The predicted octanol–water partition coefficient (Wildman–Crippen LogP) is 1.25.